The van der Waals surface area contributed by atoms with Crippen LogP contribution in [-0.2, 0) is 14.9 Å². The maximum atomic E-state index is 12.2. The van der Waals surface area contributed by atoms with Gasteiger partial charge in [-0.25, -0.2) is 8.42 Å². The zero-order valence-corrected chi connectivity index (χ0v) is 25.7. The van der Waals surface area contributed by atoms with Crippen molar-refractivity contribution in [1.82, 2.24) is 5.32 Å². The average molecular weight is 556 g/mol. The number of aliphatic hydroxyl groups is 3. The molecule has 0 aromatic carbocycles. The van der Waals surface area contributed by atoms with E-state index in [0.29, 0.717) is 18.8 Å². The van der Waals surface area contributed by atoms with Gasteiger partial charge in [0.2, 0.25) is 5.91 Å². The number of amides is 1. The van der Waals surface area contributed by atoms with Gasteiger partial charge in [-0.15, -0.1) is 0 Å². The van der Waals surface area contributed by atoms with Crippen LogP contribution in [0.3, 0.4) is 0 Å². The SMILES string of the molecule is C[C@H](CCC(=O)NCCS(=O)(=O)[O-])C1CC[C@H]2[C@@H]3[C@H](O)C[C@@H]4C[C@H](O)CC[C@]4(C)[C@H]3C[C@H](O)[C@]12C.O.[Na+]. The molecule has 6 N–H and O–H groups in total. The Bertz CT molecular complexity index is 905. The van der Waals surface area contributed by atoms with E-state index < -0.39 is 28.1 Å². The second-order valence-electron chi connectivity index (χ2n) is 12.7. The number of hydrogen-bond acceptors (Lipinski definition) is 7. The number of nitrogens with one attached hydrogen (secondary N) is 1. The minimum Gasteiger partial charge on any atom is -0.748 e. The van der Waals surface area contributed by atoms with Gasteiger partial charge in [0.25, 0.3) is 0 Å². The van der Waals surface area contributed by atoms with Crippen LogP contribution in [-0.4, -0.2) is 70.3 Å². The van der Waals surface area contributed by atoms with Crippen molar-refractivity contribution in [2.45, 2.75) is 96.9 Å². The summed E-state index contributed by atoms with van der Waals surface area (Å²) in [5, 5.41) is 35.7. The molecule has 11 heteroatoms. The number of aliphatic hydroxyl groups excluding tert-OH is 3. The molecule has 4 saturated carbocycles. The normalized spacial score (nSPS) is 43.8. The molecule has 1 unspecified atom stereocenters. The summed E-state index contributed by atoms with van der Waals surface area (Å²) in [4.78, 5) is 12.2. The molecule has 0 radical (unpaired) electrons. The molecule has 4 aliphatic carbocycles. The Hall–Kier alpha value is 0.220. The van der Waals surface area contributed by atoms with Crippen LogP contribution in [0.15, 0.2) is 0 Å². The molecule has 4 aliphatic rings. The summed E-state index contributed by atoms with van der Waals surface area (Å²) >= 11 is 0. The molecule has 37 heavy (non-hydrogen) atoms. The van der Waals surface area contributed by atoms with Crippen LogP contribution >= 0.6 is 0 Å². The van der Waals surface area contributed by atoms with E-state index in [4.69, 9.17) is 0 Å². The van der Waals surface area contributed by atoms with Gasteiger partial charge in [-0.2, -0.15) is 0 Å². The summed E-state index contributed by atoms with van der Waals surface area (Å²) < 4.78 is 32.2. The maximum absolute atomic E-state index is 12.2. The Labute approximate surface area is 243 Å². The summed E-state index contributed by atoms with van der Waals surface area (Å²) in [5.74, 6) is 0.522. The molecule has 0 spiro atoms. The Balaban J connectivity index is 0.00000241. The smallest absolute Gasteiger partial charge is 0.748 e. The molecule has 0 aromatic rings. The number of rotatable bonds is 7. The van der Waals surface area contributed by atoms with E-state index >= 15 is 0 Å². The molecular formula is C26H46NNaO8S. The van der Waals surface area contributed by atoms with Gasteiger partial charge in [-0.1, -0.05) is 20.8 Å². The van der Waals surface area contributed by atoms with Gasteiger partial charge < -0.3 is 30.7 Å². The Morgan fingerprint density at radius 2 is 1.76 bits per heavy atom. The Morgan fingerprint density at radius 3 is 2.41 bits per heavy atom. The van der Waals surface area contributed by atoms with E-state index in [2.05, 4.69) is 26.1 Å². The summed E-state index contributed by atoms with van der Waals surface area (Å²) in [5.41, 5.74) is -0.267. The molecule has 1 amide bonds. The summed E-state index contributed by atoms with van der Waals surface area (Å²) in [6.45, 7) is 6.48. The molecule has 4 rings (SSSR count). The van der Waals surface area contributed by atoms with E-state index in [1.54, 1.807) is 0 Å². The first kappa shape index (κ1) is 33.4. The first-order chi connectivity index (χ1) is 16.3. The van der Waals surface area contributed by atoms with Gasteiger partial charge in [0.05, 0.1) is 34.2 Å². The number of hydrogen-bond donors (Lipinski definition) is 4. The second kappa shape index (κ2) is 12.4. The predicted octanol–water partition coefficient (Wildman–Crippen LogP) is -1.80. The fourth-order valence-electron chi connectivity index (χ4n) is 9.10. The van der Waals surface area contributed by atoms with Crippen LogP contribution in [0, 0.1) is 46.3 Å². The first-order valence-electron chi connectivity index (χ1n) is 13.5. The van der Waals surface area contributed by atoms with Crippen molar-refractivity contribution in [3.63, 3.8) is 0 Å². The topological polar surface area (TPSA) is 178 Å². The molecule has 11 atom stereocenters. The van der Waals surface area contributed by atoms with E-state index in [1.165, 1.54) is 0 Å². The molecule has 0 bridgehead atoms. The van der Waals surface area contributed by atoms with Gasteiger partial charge in [0, 0.05) is 13.0 Å². The number of carbonyl (C=O) groups excluding carboxylic acids is 1. The van der Waals surface area contributed by atoms with E-state index in [1.807, 2.05) is 0 Å². The van der Waals surface area contributed by atoms with Gasteiger partial charge in [0.1, 0.15) is 0 Å². The molecular weight excluding hydrogens is 509 g/mol. The van der Waals surface area contributed by atoms with Gasteiger partial charge in [-0.3, -0.25) is 4.79 Å². The third kappa shape index (κ3) is 6.43. The third-order valence-electron chi connectivity index (χ3n) is 11.0. The Kier molecular flexibility index (Phi) is 11.2. The van der Waals surface area contributed by atoms with Crippen LogP contribution in [0.4, 0.5) is 0 Å². The molecule has 210 valence electrons. The summed E-state index contributed by atoms with van der Waals surface area (Å²) in [6.07, 6.45) is 5.58. The fraction of sp³-hybridized carbons (Fsp3) is 0.962. The fourth-order valence-corrected chi connectivity index (χ4v) is 9.45. The van der Waals surface area contributed by atoms with E-state index in [9.17, 15) is 33.1 Å². The minimum atomic E-state index is -4.35. The maximum Gasteiger partial charge on any atom is 1.00 e. The zero-order valence-electron chi connectivity index (χ0n) is 22.9. The van der Waals surface area contributed by atoms with Crippen molar-refractivity contribution in [3.8, 4) is 0 Å². The first-order valence-corrected chi connectivity index (χ1v) is 15.1. The Morgan fingerprint density at radius 1 is 1.08 bits per heavy atom. The number of fused-ring (bicyclic) bond motifs is 5. The average Bonchev–Trinajstić information content (AvgIpc) is 3.12. The van der Waals surface area contributed by atoms with Crippen molar-refractivity contribution < 1.29 is 68.1 Å². The molecule has 4 fully saturated rings. The van der Waals surface area contributed by atoms with Crippen LogP contribution in [0.1, 0.15) is 78.6 Å². The molecule has 0 aromatic heterocycles. The van der Waals surface area contributed by atoms with Crippen LogP contribution in [0.2, 0.25) is 0 Å². The van der Waals surface area contributed by atoms with E-state index in [-0.39, 0.29) is 100 Å². The standard InChI is InChI=1S/C26H45NO7S.Na.H2O/c1-15(4-7-23(31)27-10-11-35(32,33)34)18-5-6-19-24-20(14-22(30)26(18,19)3)25(2)9-8-17(28)12-16(25)13-21(24)29;;/h15-22,24,28-30H,4-14H2,1-3H3,(H,27,31)(H,32,33,34);;1H2/q;+1;/p-1/t15-,16+,17-,18?,19+,20+,21-,22+,24+,25+,26-;;/m1../s1. The molecule has 0 heterocycles. The summed E-state index contributed by atoms with van der Waals surface area (Å²) in [7, 11) is -4.35. The number of carbonyl (C=O) groups is 1. The molecule has 9 nitrogen and oxygen atoms in total. The summed E-state index contributed by atoms with van der Waals surface area (Å²) in [6, 6.07) is 0. The van der Waals surface area contributed by atoms with Crippen LogP contribution < -0.4 is 34.9 Å². The van der Waals surface area contributed by atoms with Gasteiger partial charge in [-0.05, 0) is 97.7 Å². The predicted molar refractivity (Wildman–Crippen MR) is 134 cm³/mol. The molecule has 0 aliphatic heterocycles. The second-order valence-corrected chi connectivity index (χ2v) is 14.2. The molecule has 0 saturated heterocycles. The largest absolute Gasteiger partial charge is 1.00 e. The van der Waals surface area contributed by atoms with Gasteiger partial charge >= 0.3 is 29.6 Å². The third-order valence-corrected chi connectivity index (χ3v) is 11.7. The van der Waals surface area contributed by atoms with Crippen molar-refractivity contribution >= 4 is 16.0 Å². The van der Waals surface area contributed by atoms with Crippen molar-refractivity contribution in [1.29, 1.82) is 0 Å². The van der Waals surface area contributed by atoms with Crippen LogP contribution in [0.25, 0.3) is 0 Å². The van der Waals surface area contributed by atoms with Crippen molar-refractivity contribution in [2.75, 3.05) is 12.3 Å². The van der Waals surface area contributed by atoms with E-state index in [0.717, 1.165) is 38.5 Å². The van der Waals surface area contributed by atoms with Gasteiger partial charge in [0.15, 0.2) is 0 Å². The zero-order chi connectivity index (χ0) is 25.8. The van der Waals surface area contributed by atoms with Crippen LogP contribution in [0.5, 0.6) is 0 Å². The monoisotopic (exact) mass is 555 g/mol. The van der Waals surface area contributed by atoms with Crippen molar-refractivity contribution in [2.24, 2.45) is 46.3 Å². The van der Waals surface area contributed by atoms with Crippen molar-refractivity contribution in [3.05, 3.63) is 0 Å². The minimum absolute atomic E-state index is 0. The quantitative estimate of drug-likeness (QED) is 0.211.